The Morgan fingerprint density at radius 3 is 2.76 bits per heavy atom. The predicted molar refractivity (Wildman–Crippen MR) is 74.0 cm³/mol. The molecule has 0 spiro atoms. The quantitative estimate of drug-likeness (QED) is 0.868. The van der Waals surface area contributed by atoms with Crippen molar-refractivity contribution in [3.63, 3.8) is 0 Å². The Morgan fingerprint density at radius 1 is 1.38 bits per heavy atom. The van der Waals surface area contributed by atoms with Crippen molar-refractivity contribution in [2.45, 2.75) is 6.18 Å². The van der Waals surface area contributed by atoms with E-state index in [0.717, 1.165) is 35.6 Å². The number of hydrogen-bond donors (Lipinski definition) is 1. The molecule has 0 saturated heterocycles. The molecule has 1 amide bonds. The third-order valence-electron chi connectivity index (χ3n) is 2.33. The summed E-state index contributed by atoms with van der Waals surface area (Å²) in [5, 5.41) is 9.95. The van der Waals surface area contributed by atoms with Gasteiger partial charge in [0.2, 0.25) is 11.0 Å². The Balaban J connectivity index is 2.15. The van der Waals surface area contributed by atoms with Crippen molar-refractivity contribution in [1.29, 1.82) is 0 Å². The first kappa shape index (κ1) is 15.5. The number of halogens is 4. The molecule has 2 rings (SSSR count). The maximum Gasteiger partial charge on any atom is 0.416 e. The first-order valence-electron chi connectivity index (χ1n) is 5.48. The number of nitrogens with zero attached hydrogens (tertiary/aromatic N) is 2. The summed E-state index contributed by atoms with van der Waals surface area (Å²) in [6.45, 7) is 0. The molecule has 0 aliphatic heterocycles. The fourth-order valence-corrected chi connectivity index (χ4v) is 2.02. The van der Waals surface area contributed by atoms with Gasteiger partial charge in [-0.1, -0.05) is 22.9 Å². The first-order chi connectivity index (χ1) is 9.86. The number of rotatable bonds is 3. The molecule has 2 aromatic rings. The van der Waals surface area contributed by atoms with Gasteiger partial charge < -0.3 is 0 Å². The molecule has 0 radical (unpaired) electrons. The van der Waals surface area contributed by atoms with Crippen LogP contribution in [0.15, 0.2) is 29.8 Å². The molecule has 0 saturated carbocycles. The topological polar surface area (TPSA) is 54.9 Å². The van der Waals surface area contributed by atoms with E-state index >= 15 is 0 Å². The second-order valence-corrected chi connectivity index (χ2v) is 5.04. The zero-order valence-corrected chi connectivity index (χ0v) is 11.8. The molecule has 4 nitrogen and oxygen atoms in total. The summed E-state index contributed by atoms with van der Waals surface area (Å²) >= 11 is 6.92. The summed E-state index contributed by atoms with van der Waals surface area (Å²) in [6.07, 6.45) is -2.20. The number of benzene rings is 1. The number of anilines is 1. The minimum atomic E-state index is -4.47. The van der Waals surface area contributed by atoms with Gasteiger partial charge in [0.25, 0.3) is 0 Å². The van der Waals surface area contributed by atoms with Gasteiger partial charge in [0.15, 0.2) is 0 Å². The SMILES string of the molecule is O=C(C=Cc1cc(C(F)(F)F)ccc1Cl)Nc1nncs1. The van der Waals surface area contributed by atoms with Crippen LogP contribution in [0, 0.1) is 0 Å². The summed E-state index contributed by atoms with van der Waals surface area (Å²) in [6, 6.07) is 2.88. The smallest absolute Gasteiger partial charge is 0.297 e. The third-order valence-corrected chi connectivity index (χ3v) is 3.28. The van der Waals surface area contributed by atoms with Gasteiger partial charge in [-0.2, -0.15) is 13.2 Å². The lowest BCUT2D eigenvalue weighted by molar-refractivity contribution is -0.137. The van der Waals surface area contributed by atoms with Crippen molar-refractivity contribution in [2.24, 2.45) is 0 Å². The standard InChI is InChI=1S/C12H7ClF3N3OS/c13-9-3-2-8(12(14,15)16)5-7(9)1-4-10(20)18-11-19-17-6-21-11/h1-6H,(H,18,19,20). The van der Waals surface area contributed by atoms with E-state index in [2.05, 4.69) is 15.5 Å². The van der Waals surface area contributed by atoms with E-state index in [4.69, 9.17) is 11.6 Å². The van der Waals surface area contributed by atoms with Crippen molar-refractivity contribution in [3.05, 3.63) is 45.9 Å². The minimum absolute atomic E-state index is 0.0962. The van der Waals surface area contributed by atoms with E-state index in [0.29, 0.717) is 5.13 Å². The summed E-state index contributed by atoms with van der Waals surface area (Å²) in [4.78, 5) is 11.6. The number of nitrogens with one attached hydrogen (secondary N) is 1. The average Bonchev–Trinajstić information content (AvgIpc) is 2.89. The maximum absolute atomic E-state index is 12.6. The van der Waals surface area contributed by atoms with Crippen LogP contribution in [-0.2, 0) is 11.0 Å². The molecule has 21 heavy (non-hydrogen) atoms. The lowest BCUT2D eigenvalue weighted by atomic mass is 10.1. The maximum atomic E-state index is 12.6. The highest BCUT2D eigenvalue weighted by molar-refractivity contribution is 7.13. The summed E-state index contributed by atoms with van der Waals surface area (Å²) in [7, 11) is 0. The zero-order valence-electron chi connectivity index (χ0n) is 10.2. The Labute approximate surface area is 126 Å². The predicted octanol–water partition coefficient (Wildman–Crippen LogP) is 3.86. The lowest BCUT2D eigenvalue weighted by Gasteiger charge is -2.08. The highest BCUT2D eigenvalue weighted by atomic mass is 35.5. The van der Waals surface area contributed by atoms with Crippen molar-refractivity contribution < 1.29 is 18.0 Å². The van der Waals surface area contributed by atoms with Crippen molar-refractivity contribution in [1.82, 2.24) is 10.2 Å². The lowest BCUT2D eigenvalue weighted by Crippen LogP contribution is -2.07. The summed E-state index contributed by atoms with van der Waals surface area (Å²) in [5.74, 6) is -0.541. The molecular formula is C12H7ClF3N3OS. The number of carbonyl (C=O) groups excluding carboxylic acids is 1. The second kappa shape index (κ2) is 6.23. The number of alkyl halides is 3. The van der Waals surface area contributed by atoms with Gasteiger partial charge in [0.05, 0.1) is 5.56 Å². The monoisotopic (exact) mass is 333 g/mol. The molecule has 110 valence electrons. The molecule has 0 aliphatic carbocycles. The zero-order chi connectivity index (χ0) is 15.5. The van der Waals surface area contributed by atoms with Crippen molar-refractivity contribution in [2.75, 3.05) is 5.32 Å². The van der Waals surface area contributed by atoms with E-state index in [1.165, 1.54) is 11.6 Å². The van der Waals surface area contributed by atoms with Gasteiger partial charge in [-0.25, -0.2) is 0 Å². The molecule has 1 N–H and O–H groups in total. The van der Waals surface area contributed by atoms with Gasteiger partial charge in [0.1, 0.15) is 5.51 Å². The average molecular weight is 334 g/mol. The van der Waals surface area contributed by atoms with Crippen LogP contribution in [0.25, 0.3) is 6.08 Å². The van der Waals surface area contributed by atoms with Crippen LogP contribution in [0.1, 0.15) is 11.1 Å². The van der Waals surface area contributed by atoms with Crippen LogP contribution in [0.2, 0.25) is 5.02 Å². The van der Waals surface area contributed by atoms with E-state index in [1.807, 2.05) is 0 Å². The molecule has 1 heterocycles. The Bertz CT molecular complexity index is 671. The fourth-order valence-electron chi connectivity index (χ4n) is 1.39. The molecule has 0 bridgehead atoms. The van der Waals surface area contributed by atoms with E-state index in [1.54, 1.807) is 0 Å². The van der Waals surface area contributed by atoms with Crippen LogP contribution in [0.5, 0.6) is 0 Å². The molecule has 0 fully saturated rings. The van der Waals surface area contributed by atoms with E-state index < -0.39 is 17.6 Å². The number of aromatic nitrogens is 2. The second-order valence-electron chi connectivity index (χ2n) is 3.80. The Morgan fingerprint density at radius 2 is 2.14 bits per heavy atom. The Kier molecular flexibility index (Phi) is 4.59. The van der Waals surface area contributed by atoms with Gasteiger partial charge in [-0.05, 0) is 29.8 Å². The van der Waals surface area contributed by atoms with Gasteiger partial charge in [0, 0.05) is 11.1 Å². The highest BCUT2D eigenvalue weighted by Crippen LogP contribution is 2.32. The number of carbonyl (C=O) groups is 1. The molecule has 1 aromatic heterocycles. The third kappa shape index (κ3) is 4.27. The van der Waals surface area contributed by atoms with Crippen molar-refractivity contribution >= 4 is 40.1 Å². The van der Waals surface area contributed by atoms with Crippen LogP contribution in [0.4, 0.5) is 18.3 Å². The first-order valence-corrected chi connectivity index (χ1v) is 6.74. The van der Waals surface area contributed by atoms with Crippen LogP contribution < -0.4 is 5.32 Å². The molecule has 1 aromatic carbocycles. The Hall–Kier alpha value is -1.93. The largest absolute Gasteiger partial charge is 0.416 e. The van der Waals surface area contributed by atoms with Crippen LogP contribution >= 0.6 is 22.9 Å². The molecule has 9 heteroatoms. The normalized spacial score (nSPS) is 11.8. The van der Waals surface area contributed by atoms with Gasteiger partial charge in [-0.3, -0.25) is 10.1 Å². The van der Waals surface area contributed by atoms with E-state index in [-0.39, 0.29) is 10.6 Å². The van der Waals surface area contributed by atoms with Crippen LogP contribution in [0.3, 0.4) is 0 Å². The van der Waals surface area contributed by atoms with Crippen LogP contribution in [-0.4, -0.2) is 16.1 Å². The molecule has 0 unspecified atom stereocenters. The fraction of sp³-hybridized carbons (Fsp3) is 0.0833. The number of hydrogen-bond acceptors (Lipinski definition) is 4. The van der Waals surface area contributed by atoms with Gasteiger partial charge >= 0.3 is 6.18 Å². The molecule has 0 aliphatic rings. The van der Waals surface area contributed by atoms with Crippen molar-refractivity contribution in [3.8, 4) is 0 Å². The molecular weight excluding hydrogens is 327 g/mol. The highest BCUT2D eigenvalue weighted by Gasteiger charge is 2.30. The molecule has 0 atom stereocenters. The summed E-state index contributed by atoms with van der Waals surface area (Å²) in [5.41, 5.74) is 0.693. The van der Waals surface area contributed by atoms with E-state index in [9.17, 15) is 18.0 Å². The van der Waals surface area contributed by atoms with Gasteiger partial charge in [-0.15, -0.1) is 10.2 Å². The number of amides is 1. The summed E-state index contributed by atoms with van der Waals surface area (Å²) < 4.78 is 37.8. The minimum Gasteiger partial charge on any atom is -0.297 e.